The van der Waals surface area contributed by atoms with Gasteiger partial charge in [0.25, 0.3) is 0 Å². The third-order valence-electron chi connectivity index (χ3n) is 3.31. The molecule has 1 heteroatoms. The third kappa shape index (κ3) is 1.58. The van der Waals surface area contributed by atoms with Crippen LogP contribution in [0, 0.1) is 0 Å². The van der Waals surface area contributed by atoms with E-state index in [9.17, 15) is 0 Å². The Morgan fingerprint density at radius 1 is 1.31 bits per heavy atom. The molecule has 72 valence electrons. The van der Waals surface area contributed by atoms with Gasteiger partial charge in [-0.25, -0.2) is 0 Å². The van der Waals surface area contributed by atoms with Gasteiger partial charge >= 0.3 is 0 Å². The van der Waals surface area contributed by atoms with Crippen molar-refractivity contribution in [3.63, 3.8) is 0 Å². The van der Waals surface area contributed by atoms with Gasteiger partial charge in [-0.3, -0.25) is 0 Å². The van der Waals surface area contributed by atoms with Crippen LogP contribution in [0.5, 0.6) is 0 Å². The molecule has 1 atom stereocenters. The highest BCUT2D eigenvalue weighted by atomic mass is 14.6. The Morgan fingerprint density at radius 3 is 2.85 bits per heavy atom. The molecule has 0 saturated heterocycles. The van der Waals surface area contributed by atoms with Gasteiger partial charge in [-0.2, -0.15) is 0 Å². The first-order valence-corrected chi connectivity index (χ1v) is 5.51. The van der Waals surface area contributed by atoms with E-state index in [1.54, 1.807) is 11.1 Å². The lowest BCUT2D eigenvalue weighted by atomic mass is 9.99. The summed E-state index contributed by atoms with van der Waals surface area (Å²) in [6.45, 7) is 2.24. The molecular weight excluding hydrogens is 158 g/mol. The fourth-order valence-electron chi connectivity index (χ4n) is 2.59. The predicted molar refractivity (Wildman–Crippen MR) is 56.5 cm³/mol. The largest absolute Gasteiger partial charge is 0.321 e. The van der Waals surface area contributed by atoms with Gasteiger partial charge in [-0.05, 0) is 48.8 Å². The maximum Gasteiger partial charge on any atom is 0.0451 e. The molecule has 0 fully saturated rings. The molecule has 0 heterocycles. The molecule has 2 rings (SSSR count). The van der Waals surface area contributed by atoms with Crippen molar-refractivity contribution in [1.29, 1.82) is 0 Å². The van der Waals surface area contributed by atoms with E-state index >= 15 is 0 Å². The molecule has 13 heavy (non-hydrogen) atoms. The molecule has 2 N–H and O–H groups in total. The van der Waals surface area contributed by atoms with Crippen molar-refractivity contribution in [2.24, 2.45) is 5.73 Å². The maximum atomic E-state index is 6.09. The molecule has 0 spiro atoms. The van der Waals surface area contributed by atoms with Crippen LogP contribution in [0.25, 0.3) is 0 Å². The Hall–Kier alpha value is -0.560. The summed E-state index contributed by atoms with van der Waals surface area (Å²) < 4.78 is 0. The van der Waals surface area contributed by atoms with Gasteiger partial charge in [0.05, 0.1) is 0 Å². The van der Waals surface area contributed by atoms with E-state index in [0.717, 1.165) is 6.42 Å². The van der Waals surface area contributed by atoms with Crippen molar-refractivity contribution in [1.82, 2.24) is 0 Å². The van der Waals surface area contributed by atoms with Gasteiger partial charge in [-0.1, -0.05) is 19.4 Å². The average molecular weight is 177 g/mol. The van der Waals surface area contributed by atoms with Gasteiger partial charge in [0, 0.05) is 6.04 Å². The smallest absolute Gasteiger partial charge is 0.0451 e. The summed E-state index contributed by atoms with van der Waals surface area (Å²) in [7, 11) is 0. The molecule has 0 aromatic heterocycles. The van der Waals surface area contributed by atoms with Crippen LogP contribution >= 0.6 is 0 Å². The van der Waals surface area contributed by atoms with Crippen LogP contribution in [0.3, 0.4) is 0 Å². The highest BCUT2D eigenvalue weighted by molar-refractivity contribution is 5.47. The lowest BCUT2D eigenvalue weighted by Crippen LogP contribution is -2.17. The van der Waals surface area contributed by atoms with Gasteiger partial charge in [0.1, 0.15) is 0 Å². The van der Waals surface area contributed by atoms with Crippen molar-refractivity contribution < 1.29 is 0 Å². The Kier molecular flexibility index (Phi) is 2.54. The van der Waals surface area contributed by atoms with Crippen LogP contribution < -0.4 is 5.73 Å². The van der Waals surface area contributed by atoms with E-state index in [2.05, 4.69) is 13.0 Å². The summed E-state index contributed by atoms with van der Waals surface area (Å²) in [6.07, 6.45) is 10.1. The van der Waals surface area contributed by atoms with Crippen LogP contribution in [-0.2, 0) is 0 Å². The van der Waals surface area contributed by atoms with Crippen molar-refractivity contribution in [2.75, 3.05) is 0 Å². The predicted octanol–water partition coefficient (Wildman–Crippen LogP) is 2.92. The molecule has 0 saturated carbocycles. The zero-order chi connectivity index (χ0) is 9.26. The number of rotatable bonds is 1. The molecule has 0 aliphatic heterocycles. The zero-order valence-electron chi connectivity index (χ0n) is 8.47. The molecule has 2 aliphatic rings. The van der Waals surface area contributed by atoms with Crippen LogP contribution in [0.4, 0.5) is 0 Å². The average Bonchev–Trinajstić information content (AvgIpc) is 2.38. The molecule has 0 amide bonds. The van der Waals surface area contributed by atoms with E-state index in [1.165, 1.54) is 37.7 Å². The first kappa shape index (κ1) is 9.01. The topological polar surface area (TPSA) is 26.0 Å². The number of nitrogens with two attached hydrogens (primary N) is 1. The minimum absolute atomic E-state index is 0.253. The van der Waals surface area contributed by atoms with Crippen LogP contribution in [0.15, 0.2) is 22.8 Å². The van der Waals surface area contributed by atoms with Gasteiger partial charge in [0.2, 0.25) is 0 Å². The fraction of sp³-hybridized carbons (Fsp3) is 0.667. The van der Waals surface area contributed by atoms with Gasteiger partial charge < -0.3 is 5.73 Å². The summed E-state index contributed by atoms with van der Waals surface area (Å²) in [5.74, 6) is 0. The van der Waals surface area contributed by atoms with E-state index < -0.39 is 0 Å². The number of hydrogen-bond donors (Lipinski definition) is 1. The van der Waals surface area contributed by atoms with E-state index in [0.29, 0.717) is 0 Å². The molecular formula is C12H19N. The zero-order valence-corrected chi connectivity index (χ0v) is 8.47. The summed E-state index contributed by atoms with van der Waals surface area (Å²) in [5.41, 5.74) is 10.8. The second kappa shape index (κ2) is 3.67. The van der Waals surface area contributed by atoms with Crippen molar-refractivity contribution in [3.05, 3.63) is 22.8 Å². The van der Waals surface area contributed by atoms with Crippen molar-refractivity contribution in [3.8, 4) is 0 Å². The molecule has 0 aromatic carbocycles. The number of allylic oxidation sites excluding steroid dienone is 2. The second-order valence-electron chi connectivity index (χ2n) is 4.14. The van der Waals surface area contributed by atoms with Crippen molar-refractivity contribution >= 4 is 0 Å². The molecule has 0 radical (unpaired) electrons. The lowest BCUT2D eigenvalue weighted by Gasteiger charge is -2.08. The molecule has 0 bridgehead atoms. The Balaban J connectivity index is 2.26. The summed E-state index contributed by atoms with van der Waals surface area (Å²) in [4.78, 5) is 0. The minimum Gasteiger partial charge on any atom is -0.321 e. The normalized spacial score (nSPS) is 28.5. The monoisotopic (exact) mass is 177 g/mol. The van der Waals surface area contributed by atoms with Crippen LogP contribution in [0.2, 0.25) is 0 Å². The van der Waals surface area contributed by atoms with Crippen LogP contribution in [-0.4, -0.2) is 6.04 Å². The lowest BCUT2D eigenvalue weighted by molar-refractivity contribution is 0.694. The Morgan fingerprint density at radius 2 is 2.08 bits per heavy atom. The van der Waals surface area contributed by atoms with E-state index in [-0.39, 0.29) is 6.04 Å². The molecule has 1 unspecified atom stereocenters. The van der Waals surface area contributed by atoms with E-state index in [4.69, 9.17) is 5.73 Å². The van der Waals surface area contributed by atoms with Crippen molar-refractivity contribution in [2.45, 2.75) is 51.5 Å². The molecule has 1 nitrogen and oxygen atoms in total. The van der Waals surface area contributed by atoms with E-state index in [1.807, 2.05) is 0 Å². The first-order chi connectivity index (χ1) is 6.33. The van der Waals surface area contributed by atoms with Crippen LogP contribution in [0.1, 0.15) is 45.4 Å². The standard InChI is InChI=1S/C12H19N/c1-2-9-8-12(13)11-7-5-3-4-6-10(9)11/h8,12H,2-7,13H2,1H3. The Labute approximate surface area is 80.7 Å². The first-order valence-electron chi connectivity index (χ1n) is 5.51. The fourth-order valence-corrected chi connectivity index (χ4v) is 2.59. The Bertz CT molecular complexity index is 260. The molecule has 2 aliphatic carbocycles. The minimum atomic E-state index is 0.253. The third-order valence-corrected chi connectivity index (χ3v) is 3.31. The quantitative estimate of drug-likeness (QED) is 0.654. The molecule has 0 aromatic rings. The highest BCUT2D eigenvalue weighted by Gasteiger charge is 2.23. The van der Waals surface area contributed by atoms with Gasteiger partial charge in [-0.15, -0.1) is 0 Å². The van der Waals surface area contributed by atoms with Gasteiger partial charge in [0.15, 0.2) is 0 Å². The summed E-state index contributed by atoms with van der Waals surface area (Å²) in [5, 5.41) is 0. The SMILES string of the molecule is CCC1=CC(N)C2=C1CCCCC2. The summed E-state index contributed by atoms with van der Waals surface area (Å²) >= 11 is 0. The highest BCUT2D eigenvalue weighted by Crippen LogP contribution is 2.36. The second-order valence-corrected chi connectivity index (χ2v) is 4.14. The summed E-state index contributed by atoms with van der Waals surface area (Å²) in [6, 6.07) is 0.253. The number of hydrogen-bond acceptors (Lipinski definition) is 1. The maximum absolute atomic E-state index is 6.09.